The second-order valence-electron chi connectivity index (χ2n) is 3.79. The first kappa shape index (κ1) is 14.4. The monoisotopic (exact) mass is 317 g/mol. The molecule has 1 heterocycles. The molecule has 0 saturated carbocycles. The van der Waals surface area contributed by atoms with Crippen molar-refractivity contribution < 1.29 is 9.90 Å². The summed E-state index contributed by atoms with van der Waals surface area (Å²) in [5.41, 5.74) is 1.01. The second kappa shape index (κ2) is 7.63. The standard InChI is InChI=1S/C12H16BrNO2S/c1-9(3-2-6-15)14-12(16)5-4-10-7-11(13)17-8-10/h4-5,7-9,15H,2-3,6H2,1H3,(H,14,16)/b5-4+. The van der Waals surface area contributed by atoms with Crippen molar-refractivity contribution in [1.29, 1.82) is 0 Å². The zero-order chi connectivity index (χ0) is 12.7. The van der Waals surface area contributed by atoms with E-state index in [9.17, 15) is 4.79 Å². The van der Waals surface area contributed by atoms with Gasteiger partial charge in [0.25, 0.3) is 0 Å². The number of aliphatic hydroxyl groups excluding tert-OH is 1. The maximum atomic E-state index is 11.5. The number of hydrogen-bond acceptors (Lipinski definition) is 3. The van der Waals surface area contributed by atoms with Crippen LogP contribution in [-0.4, -0.2) is 23.7 Å². The van der Waals surface area contributed by atoms with Crippen LogP contribution in [0.1, 0.15) is 25.3 Å². The predicted octanol–water partition coefficient (Wildman–Crippen LogP) is 2.80. The average molecular weight is 318 g/mol. The highest BCUT2D eigenvalue weighted by molar-refractivity contribution is 9.11. The van der Waals surface area contributed by atoms with E-state index in [2.05, 4.69) is 21.2 Å². The van der Waals surface area contributed by atoms with Crippen molar-refractivity contribution in [1.82, 2.24) is 5.32 Å². The molecule has 0 saturated heterocycles. The minimum atomic E-state index is -0.0993. The number of thiophene rings is 1. The van der Waals surface area contributed by atoms with Crippen molar-refractivity contribution in [3.05, 3.63) is 26.9 Å². The van der Waals surface area contributed by atoms with Crippen molar-refractivity contribution in [2.45, 2.75) is 25.8 Å². The van der Waals surface area contributed by atoms with Gasteiger partial charge in [-0.1, -0.05) is 0 Å². The third-order valence-corrected chi connectivity index (χ3v) is 3.72. The molecular weight excluding hydrogens is 302 g/mol. The molecule has 1 unspecified atom stereocenters. The highest BCUT2D eigenvalue weighted by Crippen LogP contribution is 2.21. The zero-order valence-electron chi connectivity index (χ0n) is 9.65. The molecule has 0 aliphatic carbocycles. The highest BCUT2D eigenvalue weighted by Gasteiger charge is 2.03. The smallest absolute Gasteiger partial charge is 0.244 e. The molecule has 94 valence electrons. The van der Waals surface area contributed by atoms with Crippen LogP contribution in [0.15, 0.2) is 21.3 Å². The molecule has 3 nitrogen and oxygen atoms in total. The van der Waals surface area contributed by atoms with Crippen molar-refractivity contribution in [3.8, 4) is 0 Å². The molecule has 1 aromatic heterocycles. The van der Waals surface area contributed by atoms with Gasteiger partial charge in [0.15, 0.2) is 0 Å². The number of carbonyl (C=O) groups excluding carboxylic acids is 1. The van der Waals surface area contributed by atoms with E-state index in [1.807, 2.05) is 18.4 Å². The van der Waals surface area contributed by atoms with Gasteiger partial charge in [-0.3, -0.25) is 4.79 Å². The third kappa shape index (κ3) is 6.00. The van der Waals surface area contributed by atoms with Crippen molar-refractivity contribution in [2.75, 3.05) is 6.61 Å². The van der Waals surface area contributed by atoms with E-state index in [0.29, 0.717) is 6.42 Å². The molecule has 1 atom stereocenters. The van der Waals surface area contributed by atoms with Crippen molar-refractivity contribution in [2.24, 2.45) is 0 Å². The van der Waals surface area contributed by atoms with E-state index < -0.39 is 0 Å². The lowest BCUT2D eigenvalue weighted by molar-refractivity contribution is -0.117. The number of rotatable bonds is 6. The Balaban J connectivity index is 2.36. The molecule has 1 aromatic rings. The number of halogens is 1. The van der Waals surface area contributed by atoms with Crippen LogP contribution in [0, 0.1) is 0 Å². The molecule has 0 fully saturated rings. The van der Waals surface area contributed by atoms with Gasteiger partial charge < -0.3 is 10.4 Å². The predicted molar refractivity (Wildman–Crippen MR) is 75.0 cm³/mol. The number of nitrogens with one attached hydrogen (secondary N) is 1. The molecule has 0 spiro atoms. The third-order valence-electron chi connectivity index (χ3n) is 2.20. The largest absolute Gasteiger partial charge is 0.396 e. The van der Waals surface area contributed by atoms with Gasteiger partial charge >= 0.3 is 0 Å². The Morgan fingerprint density at radius 1 is 1.71 bits per heavy atom. The van der Waals surface area contributed by atoms with Crippen LogP contribution >= 0.6 is 27.3 Å². The van der Waals surface area contributed by atoms with Crippen LogP contribution in [0.5, 0.6) is 0 Å². The fourth-order valence-electron chi connectivity index (χ4n) is 1.34. The van der Waals surface area contributed by atoms with Crippen LogP contribution in [0.4, 0.5) is 0 Å². The Labute approximate surface area is 114 Å². The Bertz CT molecular complexity index is 390. The second-order valence-corrected chi connectivity index (χ2v) is 6.08. The normalized spacial score (nSPS) is 12.9. The first-order chi connectivity index (χ1) is 8.11. The molecule has 2 N–H and O–H groups in total. The lowest BCUT2D eigenvalue weighted by Gasteiger charge is -2.10. The molecule has 1 rings (SSSR count). The molecule has 5 heteroatoms. The van der Waals surface area contributed by atoms with Gasteiger partial charge in [0, 0.05) is 18.7 Å². The Morgan fingerprint density at radius 2 is 2.47 bits per heavy atom. The van der Waals surface area contributed by atoms with Gasteiger partial charge in [-0.15, -0.1) is 11.3 Å². The quantitative estimate of drug-likeness (QED) is 0.793. The number of hydrogen-bond donors (Lipinski definition) is 2. The van der Waals surface area contributed by atoms with E-state index in [0.717, 1.165) is 15.8 Å². The summed E-state index contributed by atoms with van der Waals surface area (Å²) in [6.45, 7) is 2.10. The SMILES string of the molecule is CC(CCCO)NC(=O)/C=C/c1csc(Br)c1. The van der Waals surface area contributed by atoms with Gasteiger partial charge in [0.05, 0.1) is 3.79 Å². The molecule has 0 radical (unpaired) electrons. The van der Waals surface area contributed by atoms with Crippen LogP contribution in [0.2, 0.25) is 0 Å². The highest BCUT2D eigenvalue weighted by atomic mass is 79.9. The topological polar surface area (TPSA) is 49.3 Å². The lowest BCUT2D eigenvalue weighted by atomic mass is 10.2. The minimum absolute atomic E-state index is 0.0912. The number of carbonyl (C=O) groups is 1. The number of amides is 1. The summed E-state index contributed by atoms with van der Waals surface area (Å²) in [7, 11) is 0. The van der Waals surface area contributed by atoms with Crippen LogP contribution in [-0.2, 0) is 4.79 Å². The van der Waals surface area contributed by atoms with E-state index in [1.165, 1.54) is 6.08 Å². The summed E-state index contributed by atoms with van der Waals surface area (Å²) in [6, 6.07) is 2.05. The molecule has 0 aliphatic heterocycles. The Hall–Kier alpha value is -0.650. The van der Waals surface area contributed by atoms with Gasteiger partial charge in [-0.2, -0.15) is 0 Å². The molecular formula is C12H16BrNO2S. The summed E-state index contributed by atoms with van der Waals surface area (Å²) >= 11 is 4.96. The van der Waals surface area contributed by atoms with Crippen molar-refractivity contribution in [3.63, 3.8) is 0 Å². The minimum Gasteiger partial charge on any atom is -0.396 e. The lowest BCUT2D eigenvalue weighted by Crippen LogP contribution is -2.31. The van der Waals surface area contributed by atoms with Gasteiger partial charge in [0.1, 0.15) is 0 Å². The average Bonchev–Trinajstić information content (AvgIpc) is 2.70. The molecule has 0 aromatic carbocycles. The summed E-state index contributed by atoms with van der Waals surface area (Å²) in [5.74, 6) is -0.0993. The van der Waals surface area contributed by atoms with Crippen molar-refractivity contribution >= 4 is 39.2 Å². The summed E-state index contributed by atoms with van der Waals surface area (Å²) < 4.78 is 1.05. The molecule has 1 amide bonds. The van der Waals surface area contributed by atoms with Crippen LogP contribution in [0.3, 0.4) is 0 Å². The molecule has 17 heavy (non-hydrogen) atoms. The van der Waals surface area contributed by atoms with E-state index in [1.54, 1.807) is 17.4 Å². The Kier molecular flexibility index (Phi) is 6.47. The molecule has 0 aliphatic rings. The fraction of sp³-hybridized carbons (Fsp3) is 0.417. The van der Waals surface area contributed by atoms with Gasteiger partial charge in [-0.05, 0) is 58.8 Å². The zero-order valence-corrected chi connectivity index (χ0v) is 12.1. The number of aliphatic hydroxyl groups is 1. The Morgan fingerprint density at radius 3 is 3.06 bits per heavy atom. The maximum Gasteiger partial charge on any atom is 0.244 e. The fourth-order valence-corrected chi connectivity index (χ4v) is 2.49. The summed E-state index contributed by atoms with van der Waals surface area (Å²) in [5, 5.41) is 13.5. The first-order valence-corrected chi connectivity index (χ1v) is 7.12. The maximum absolute atomic E-state index is 11.5. The van der Waals surface area contributed by atoms with E-state index in [4.69, 9.17) is 5.11 Å². The van der Waals surface area contributed by atoms with Gasteiger partial charge in [-0.25, -0.2) is 0 Å². The summed E-state index contributed by atoms with van der Waals surface area (Å²) in [4.78, 5) is 11.5. The van der Waals surface area contributed by atoms with E-state index in [-0.39, 0.29) is 18.6 Å². The van der Waals surface area contributed by atoms with Crippen LogP contribution < -0.4 is 5.32 Å². The van der Waals surface area contributed by atoms with Crippen LogP contribution in [0.25, 0.3) is 6.08 Å². The summed E-state index contributed by atoms with van der Waals surface area (Å²) in [6.07, 6.45) is 4.82. The van der Waals surface area contributed by atoms with Gasteiger partial charge in [0.2, 0.25) is 5.91 Å². The first-order valence-electron chi connectivity index (χ1n) is 5.45. The molecule has 0 bridgehead atoms. The van der Waals surface area contributed by atoms with E-state index >= 15 is 0 Å².